The van der Waals surface area contributed by atoms with Gasteiger partial charge in [0.05, 0.1) is 12.2 Å². The Morgan fingerprint density at radius 3 is 2.65 bits per heavy atom. The lowest BCUT2D eigenvalue weighted by molar-refractivity contribution is -0.141. The van der Waals surface area contributed by atoms with E-state index in [1.807, 2.05) is 13.0 Å². The van der Waals surface area contributed by atoms with Crippen molar-refractivity contribution in [2.75, 3.05) is 51.1 Å². The van der Waals surface area contributed by atoms with Crippen molar-refractivity contribution in [3.8, 4) is 0 Å². The first kappa shape index (κ1) is 25.1. The number of guanidine groups is 1. The van der Waals surface area contributed by atoms with Gasteiger partial charge in [-0.05, 0) is 13.0 Å². The Bertz CT molecular complexity index is 810. The van der Waals surface area contributed by atoms with Crippen LogP contribution in [0, 0.1) is 0 Å². The van der Waals surface area contributed by atoms with E-state index in [1.165, 1.54) is 0 Å². The molecule has 0 unspecified atom stereocenters. The molecule has 13 heteroatoms. The van der Waals surface area contributed by atoms with Crippen molar-refractivity contribution in [2.24, 2.45) is 4.99 Å². The van der Waals surface area contributed by atoms with Crippen molar-refractivity contribution in [1.82, 2.24) is 30.2 Å². The highest BCUT2D eigenvalue weighted by Gasteiger charge is 2.32. The van der Waals surface area contributed by atoms with Crippen LogP contribution in [0.15, 0.2) is 34.1 Å². The maximum Gasteiger partial charge on any atom is 0.433 e. The van der Waals surface area contributed by atoms with Gasteiger partial charge in [-0.1, -0.05) is 5.16 Å². The molecule has 3 heterocycles. The van der Waals surface area contributed by atoms with Gasteiger partial charge in [0.2, 0.25) is 5.95 Å². The SMILES string of the molecule is CCNC(=NCCNc1nccc(C(F)(F)F)n1)N1CCN(Cc2ccon2)CC1.I. The summed E-state index contributed by atoms with van der Waals surface area (Å²) in [5.41, 5.74) is -0.0627. The lowest BCUT2D eigenvalue weighted by Gasteiger charge is -2.36. The zero-order valence-corrected chi connectivity index (χ0v) is 19.4. The van der Waals surface area contributed by atoms with E-state index in [0.717, 1.165) is 63.2 Å². The Morgan fingerprint density at radius 2 is 2.00 bits per heavy atom. The molecule has 9 nitrogen and oxygen atoms in total. The maximum atomic E-state index is 12.7. The molecule has 0 amide bonds. The molecule has 0 spiro atoms. The largest absolute Gasteiger partial charge is 0.433 e. The molecule has 1 fully saturated rings. The van der Waals surface area contributed by atoms with E-state index in [9.17, 15) is 13.2 Å². The molecular formula is C18H26F3IN8O. The second-order valence-electron chi connectivity index (χ2n) is 6.68. The van der Waals surface area contributed by atoms with Crippen molar-refractivity contribution in [1.29, 1.82) is 0 Å². The third kappa shape index (κ3) is 7.79. The summed E-state index contributed by atoms with van der Waals surface area (Å²) < 4.78 is 43.0. The molecule has 2 aromatic heterocycles. The van der Waals surface area contributed by atoms with Crippen LogP contribution in [0.25, 0.3) is 0 Å². The molecule has 1 saturated heterocycles. The van der Waals surface area contributed by atoms with Gasteiger partial charge in [-0.2, -0.15) is 13.2 Å². The second kappa shape index (κ2) is 12.0. The summed E-state index contributed by atoms with van der Waals surface area (Å²) in [5.74, 6) is 0.719. The molecule has 2 N–H and O–H groups in total. The van der Waals surface area contributed by atoms with E-state index < -0.39 is 11.9 Å². The maximum absolute atomic E-state index is 12.7. The van der Waals surface area contributed by atoms with Crippen LogP contribution in [0.2, 0.25) is 0 Å². The monoisotopic (exact) mass is 554 g/mol. The highest BCUT2D eigenvalue weighted by molar-refractivity contribution is 14.0. The van der Waals surface area contributed by atoms with Gasteiger partial charge >= 0.3 is 6.18 Å². The number of halogens is 4. The zero-order chi connectivity index (χ0) is 21.4. The number of piperazine rings is 1. The summed E-state index contributed by atoms with van der Waals surface area (Å²) in [4.78, 5) is 16.3. The summed E-state index contributed by atoms with van der Waals surface area (Å²) in [6.07, 6.45) is -1.84. The Morgan fingerprint density at radius 1 is 1.23 bits per heavy atom. The van der Waals surface area contributed by atoms with E-state index in [1.54, 1.807) is 6.26 Å². The number of aromatic nitrogens is 3. The Kier molecular flexibility index (Phi) is 9.74. The van der Waals surface area contributed by atoms with Crippen molar-refractivity contribution < 1.29 is 17.7 Å². The quantitative estimate of drug-likeness (QED) is 0.233. The Hall–Kier alpha value is -2.16. The van der Waals surface area contributed by atoms with Crippen LogP contribution >= 0.6 is 24.0 Å². The second-order valence-corrected chi connectivity index (χ2v) is 6.68. The summed E-state index contributed by atoms with van der Waals surface area (Å²) in [6.45, 7) is 7.53. The molecule has 0 atom stereocenters. The standard InChI is InChI=1S/C18H25F3N8O.HI/c1-2-22-17(29-10-8-28(9-11-29)13-14-4-12-30-27-14)25-7-6-24-16-23-5-3-15(26-16)18(19,20)21;/h3-5,12H,2,6-11,13H2,1H3,(H,22,25)(H,23,24,26);1H. The molecule has 0 bridgehead atoms. The average molecular weight is 554 g/mol. The molecule has 1 aliphatic rings. The summed E-state index contributed by atoms with van der Waals surface area (Å²) >= 11 is 0. The predicted molar refractivity (Wildman–Crippen MR) is 120 cm³/mol. The van der Waals surface area contributed by atoms with Crippen LogP contribution in [0.3, 0.4) is 0 Å². The van der Waals surface area contributed by atoms with Crippen molar-refractivity contribution in [3.05, 3.63) is 36.0 Å². The van der Waals surface area contributed by atoms with E-state index in [-0.39, 0.29) is 29.9 Å². The molecule has 3 rings (SSSR count). The molecular weight excluding hydrogens is 528 g/mol. The lowest BCUT2D eigenvalue weighted by atomic mass is 10.3. The molecule has 0 aromatic carbocycles. The molecule has 31 heavy (non-hydrogen) atoms. The first-order chi connectivity index (χ1) is 14.5. The molecule has 0 aliphatic carbocycles. The van der Waals surface area contributed by atoms with Gasteiger partial charge in [0.1, 0.15) is 12.0 Å². The van der Waals surface area contributed by atoms with Gasteiger partial charge in [0.25, 0.3) is 0 Å². The Labute approximate surface area is 195 Å². The summed E-state index contributed by atoms with van der Waals surface area (Å²) in [5, 5.41) is 9.99. The lowest BCUT2D eigenvalue weighted by Crippen LogP contribution is -2.52. The van der Waals surface area contributed by atoms with Crippen molar-refractivity contribution in [3.63, 3.8) is 0 Å². The molecule has 1 aliphatic heterocycles. The minimum atomic E-state index is -4.49. The van der Waals surface area contributed by atoms with Crippen LogP contribution in [-0.2, 0) is 12.7 Å². The van der Waals surface area contributed by atoms with Gasteiger partial charge in [0.15, 0.2) is 5.96 Å². The fourth-order valence-corrected chi connectivity index (χ4v) is 3.02. The number of aliphatic imine (C=N–C) groups is 1. The topological polar surface area (TPSA) is 94.7 Å². The van der Waals surface area contributed by atoms with E-state index in [0.29, 0.717) is 13.1 Å². The summed E-state index contributed by atoms with van der Waals surface area (Å²) in [6, 6.07) is 2.70. The number of hydrogen-bond donors (Lipinski definition) is 2. The molecule has 0 saturated carbocycles. The van der Waals surface area contributed by atoms with E-state index in [2.05, 4.69) is 40.6 Å². The Balaban J connectivity index is 0.00000341. The highest BCUT2D eigenvalue weighted by atomic mass is 127. The normalized spacial score (nSPS) is 15.5. The first-order valence-corrected chi connectivity index (χ1v) is 9.74. The number of rotatable bonds is 7. The number of hydrogen-bond acceptors (Lipinski definition) is 7. The molecule has 0 radical (unpaired) electrons. The molecule has 172 valence electrons. The zero-order valence-electron chi connectivity index (χ0n) is 17.1. The van der Waals surface area contributed by atoms with Gasteiger partial charge in [-0.15, -0.1) is 24.0 Å². The van der Waals surface area contributed by atoms with Gasteiger partial charge in [-0.3, -0.25) is 9.89 Å². The van der Waals surface area contributed by atoms with Gasteiger partial charge in [0, 0.05) is 58.1 Å². The molecule has 2 aromatic rings. The highest BCUT2D eigenvalue weighted by Crippen LogP contribution is 2.27. The van der Waals surface area contributed by atoms with Gasteiger partial charge < -0.3 is 20.1 Å². The summed E-state index contributed by atoms with van der Waals surface area (Å²) in [7, 11) is 0. The van der Waals surface area contributed by atoms with Crippen molar-refractivity contribution in [2.45, 2.75) is 19.6 Å². The van der Waals surface area contributed by atoms with Crippen LogP contribution in [0.5, 0.6) is 0 Å². The van der Waals surface area contributed by atoms with E-state index in [4.69, 9.17) is 4.52 Å². The average Bonchev–Trinajstić information content (AvgIpc) is 3.24. The predicted octanol–water partition coefficient (Wildman–Crippen LogP) is 2.30. The van der Waals surface area contributed by atoms with Crippen LogP contribution in [0.4, 0.5) is 19.1 Å². The minimum Gasteiger partial charge on any atom is -0.364 e. The third-order valence-electron chi connectivity index (χ3n) is 4.49. The van der Waals surface area contributed by atoms with Crippen molar-refractivity contribution >= 4 is 35.9 Å². The fourth-order valence-electron chi connectivity index (χ4n) is 3.02. The van der Waals surface area contributed by atoms with E-state index >= 15 is 0 Å². The van der Waals surface area contributed by atoms with Crippen LogP contribution in [0.1, 0.15) is 18.3 Å². The number of nitrogens with zero attached hydrogens (tertiary/aromatic N) is 6. The van der Waals surface area contributed by atoms with Crippen LogP contribution in [-0.4, -0.2) is 76.7 Å². The number of alkyl halides is 3. The van der Waals surface area contributed by atoms with Gasteiger partial charge in [-0.25, -0.2) is 9.97 Å². The smallest absolute Gasteiger partial charge is 0.364 e. The number of nitrogens with one attached hydrogen (secondary N) is 2. The number of anilines is 1. The first-order valence-electron chi connectivity index (χ1n) is 9.74. The third-order valence-corrected chi connectivity index (χ3v) is 4.49. The fraction of sp³-hybridized carbons (Fsp3) is 0.556. The minimum absolute atomic E-state index is 0. The van der Waals surface area contributed by atoms with Crippen LogP contribution < -0.4 is 10.6 Å².